The van der Waals surface area contributed by atoms with Crippen LogP contribution in [0.5, 0.6) is 0 Å². The molecule has 1 N–H and O–H groups in total. The SMILES string of the molecule is Cc1ccc(C(C)NC(=O)c2cc(C)c(C)cc2C)cc1C. The second-order valence-electron chi connectivity index (χ2n) is 6.29. The van der Waals surface area contributed by atoms with Crippen LogP contribution in [0.25, 0.3) is 0 Å². The van der Waals surface area contributed by atoms with Crippen molar-refractivity contribution < 1.29 is 4.79 Å². The zero-order chi connectivity index (χ0) is 16.4. The van der Waals surface area contributed by atoms with E-state index in [0.29, 0.717) is 0 Å². The molecule has 0 heterocycles. The number of rotatable bonds is 3. The van der Waals surface area contributed by atoms with Gasteiger partial charge < -0.3 is 5.32 Å². The lowest BCUT2D eigenvalue weighted by atomic mass is 9.99. The molecular formula is C20H25NO. The Morgan fingerprint density at radius 2 is 1.41 bits per heavy atom. The monoisotopic (exact) mass is 295 g/mol. The van der Waals surface area contributed by atoms with Crippen LogP contribution in [-0.2, 0) is 0 Å². The molecule has 116 valence electrons. The van der Waals surface area contributed by atoms with E-state index < -0.39 is 0 Å². The summed E-state index contributed by atoms with van der Waals surface area (Å²) in [6.45, 7) is 12.3. The number of amides is 1. The van der Waals surface area contributed by atoms with Gasteiger partial charge >= 0.3 is 0 Å². The molecule has 0 spiro atoms. The molecule has 2 heteroatoms. The molecule has 22 heavy (non-hydrogen) atoms. The highest BCUT2D eigenvalue weighted by atomic mass is 16.1. The number of benzene rings is 2. The lowest BCUT2D eigenvalue weighted by Gasteiger charge is -2.17. The van der Waals surface area contributed by atoms with Crippen LogP contribution < -0.4 is 5.32 Å². The highest BCUT2D eigenvalue weighted by Gasteiger charge is 2.14. The largest absolute Gasteiger partial charge is 0.346 e. The Hall–Kier alpha value is -2.09. The molecule has 0 aromatic heterocycles. The van der Waals surface area contributed by atoms with Gasteiger partial charge in [-0.25, -0.2) is 0 Å². The van der Waals surface area contributed by atoms with E-state index >= 15 is 0 Å². The molecule has 0 saturated carbocycles. The molecule has 1 atom stereocenters. The molecule has 0 aliphatic carbocycles. The predicted octanol–water partition coefficient (Wildman–Crippen LogP) is 4.72. The number of nitrogens with one attached hydrogen (secondary N) is 1. The lowest BCUT2D eigenvalue weighted by Crippen LogP contribution is -2.27. The topological polar surface area (TPSA) is 29.1 Å². The van der Waals surface area contributed by atoms with Gasteiger partial charge in [-0.15, -0.1) is 0 Å². The Morgan fingerprint density at radius 1 is 0.818 bits per heavy atom. The van der Waals surface area contributed by atoms with Gasteiger partial charge in [0.15, 0.2) is 0 Å². The van der Waals surface area contributed by atoms with E-state index in [1.807, 2.05) is 26.8 Å². The van der Waals surface area contributed by atoms with Crippen molar-refractivity contribution in [3.05, 3.63) is 69.3 Å². The third-order valence-corrected chi connectivity index (χ3v) is 4.46. The predicted molar refractivity (Wildman–Crippen MR) is 92.5 cm³/mol. The zero-order valence-electron chi connectivity index (χ0n) is 14.4. The van der Waals surface area contributed by atoms with Crippen LogP contribution in [-0.4, -0.2) is 5.91 Å². The van der Waals surface area contributed by atoms with Gasteiger partial charge in [-0.2, -0.15) is 0 Å². The Morgan fingerprint density at radius 3 is 2.05 bits per heavy atom. The third kappa shape index (κ3) is 3.38. The standard InChI is InChI=1S/C20H25NO/c1-12-7-8-18(10-14(12)3)17(6)21-20(22)19-11-15(4)13(2)9-16(19)5/h7-11,17H,1-6H3,(H,21,22). The first kappa shape index (κ1) is 16.3. The van der Waals surface area contributed by atoms with E-state index in [1.165, 1.54) is 16.7 Å². The first-order valence-electron chi connectivity index (χ1n) is 7.75. The molecule has 0 bridgehead atoms. The summed E-state index contributed by atoms with van der Waals surface area (Å²) < 4.78 is 0. The van der Waals surface area contributed by atoms with E-state index in [0.717, 1.165) is 22.3 Å². The summed E-state index contributed by atoms with van der Waals surface area (Å²) in [5.41, 5.74) is 7.81. The van der Waals surface area contributed by atoms with Crippen LogP contribution in [0.2, 0.25) is 0 Å². The molecule has 0 fully saturated rings. The van der Waals surface area contributed by atoms with Crippen molar-refractivity contribution in [2.45, 2.75) is 47.6 Å². The van der Waals surface area contributed by atoms with Gasteiger partial charge in [0.25, 0.3) is 5.91 Å². The summed E-state index contributed by atoms with van der Waals surface area (Å²) in [4.78, 5) is 12.6. The molecule has 0 aliphatic rings. The summed E-state index contributed by atoms with van der Waals surface area (Å²) in [6.07, 6.45) is 0. The van der Waals surface area contributed by atoms with E-state index in [1.54, 1.807) is 0 Å². The highest BCUT2D eigenvalue weighted by Crippen LogP contribution is 2.19. The third-order valence-electron chi connectivity index (χ3n) is 4.46. The molecule has 0 aliphatic heterocycles. The van der Waals surface area contributed by atoms with Crippen molar-refractivity contribution in [3.8, 4) is 0 Å². The van der Waals surface area contributed by atoms with Gasteiger partial charge in [-0.1, -0.05) is 24.3 Å². The van der Waals surface area contributed by atoms with E-state index in [4.69, 9.17) is 0 Å². The molecular weight excluding hydrogens is 270 g/mol. The molecule has 0 radical (unpaired) electrons. The Labute approximate surface area is 133 Å². The average Bonchev–Trinajstić information content (AvgIpc) is 2.45. The fourth-order valence-electron chi connectivity index (χ4n) is 2.60. The quantitative estimate of drug-likeness (QED) is 0.872. The second-order valence-corrected chi connectivity index (χ2v) is 6.29. The molecule has 2 rings (SSSR count). The van der Waals surface area contributed by atoms with Gasteiger partial charge in [0.05, 0.1) is 6.04 Å². The Balaban J connectivity index is 2.21. The number of carbonyl (C=O) groups is 1. The minimum Gasteiger partial charge on any atom is -0.346 e. The first-order chi connectivity index (χ1) is 10.3. The van der Waals surface area contributed by atoms with Crippen LogP contribution in [0, 0.1) is 34.6 Å². The van der Waals surface area contributed by atoms with Crippen molar-refractivity contribution in [1.82, 2.24) is 5.32 Å². The fourth-order valence-corrected chi connectivity index (χ4v) is 2.60. The first-order valence-corrected chi connectivity index (χ1v) is 7.75. The summed E-state index contributed by atoms with van der Waals surface area (Å²) in [5, 5.41) is 3.11. The maximum absolute atomic E-state index is 12.6. The minimum atomic E-state index is -0.00803. The van der Waals surface area contributed by atoms with Crippen molar-refractivity contribution >= 4 is 5.91 Å². The zero-order valence-corrected chi connectivity index (χ0v) is 14.4. The van der Waals surface area contributed by atoms with Gasteiger partial charge in [0, 0.05) is 5.56 Å². The number of carbonyl (C=O) groups excluding carboxylic acids is 1. The smallest absolute Gasteiger partial charge is 0.252 e. The molecule has 2 aromatic carbocycles. The van der Waals surface area contributed by atoms with Gasteiger partial charge in [0.2, 0.25) is 0 Å². The van der Waals surface area contributed by atoms with Crippen molar-refractivity contribution in [2.75, 3.05) is 0 Å². The van der Waals surface area contributed by atoms with Crippen LogP contribution in [0.1, 0.15) is 56.7 Å². The average molecular weight is 295 g/mol. The van der Waals surface area contributed by atoms with Crippen LogP contribution in [0.3, 0.4) is 0 Å². The van der Waals surface area contributed by atoms with Gasteiger partial charge in [-0.3, -0.25) is 4.79 Å². The van der Waals surface area contributed by atoms with Gasteiger partial charge in [-0.05, 0) is 81.0 Å². The van der Waals surface area contributed by atoms with E-state index in [-0.39, 0.29) is 11.9 Å². The summed E-state index contributed by atoms with van der Waals surface area (Å²) in [6, 6.07) is 10.4. The van der Waals surface area contributed by atoms with Crippen LogP contribution in [0.4, 0.5) is 0 Å². The Kier molecular flexibility index (Phi) is 4.70. The molecule has 2 nitrogen and oxygen atoms in total. The van der Waals surface area contributed by atoms with Crippen LogP contribution >= 0.6 is 0 Å². The number of hydrogen-bond acceptors (Lipinski definition) is 1. The van der Waals surface area contributed by atoms with Gasteiger partial charge in [0.1, 0.15) is 0 Å². The van der Waals surface area contributed by atoms with Crippen molar-refractivity contribution in [2.24, 2.45) is 0 Å². The summed E-state index contributed by atoms with van der Waals surface area (Å²) in [5.74, 6) is -0.00803. The summed E-state index contributed by atoms with van der Waals surface area (Å²) in [7, 11) is 0. The molecule has 1 amide bonds. The minimum absolute atomic E-state index is 0.00666. The second kappa shape index (κ2) is 6.35. The molecule has 0 saturated heterocycles. The molecule has 1 unspecified atom stereocenters. The van der Waals surface area contributed by atoms with E-state index in [2.05, 4.69) is 50.4 Å². The highest BCUT2D eigenvalue weighted by molar-refractivity contribution is 5.96. The molecule has 2 aromatic rings. The Bertz CT molecular complexity index is 716. The van der Waals surface area contributed by atoms with Crippen molar-refractivity contribution in [1.29, 1.82) is 0 Å². The maximum Gasteiger partial charge on any atom is 0.252 e. The number of hydrogen-bond donors (Lipinski definition) is 1. The maximum atomic E-state index is 12.6. The summed E-state index contributed by atoms with van der Waals surface area (Å²) >= 11 is 0. The lowest BCUT2D eigenvalue weighted by molar-refractivity contribution is 0.0939. The number of aryl methyl sites for hydroxylation is 5. The van der Waals surface area contributed by atoms with Crippen LogP contribution in [0.15, 0.2) is 30.3 Å². The van der Waals surface area contributed by atoms with E-state index in [9.17, 15) is 4.79 Å². The fraction of sp³-hybridized carbons (Fsp3) is 0.350. The van der Waals surface area contributed by atoms with Crippen molar-refractivity contribution in [3.63, 3.8) is 0 Å². The normalized spacial score (nSPS) is 12.1.